The van der Waals surface area contributed by atoms with E-state index in [-0.39, 0.29) is 0 Å². The summed E-state index contributed by atoms with van der Waals surface area (Å²) in [6, 6.07) is 2.18. The van der Waals surface area contributed by atoms with Crippen LogP contribution in [0.15, 0.2) is 6.07 Å². The number of nitrogens with two attached hydrogens (primary N) is 1. The lowest BCUT2D eigenvalue weighted by Crippen LogP contribution is -2.36. The standard InChI is InChI=1S/C12H22N4/c1-10-7-12(15(2)14-10)9-16-5-3-11(8-13)4-6-16/h7,11H,3-6,8-9,13H2,1-2H3. The Balaban J connectivity index is 1.89. The molecule has 16 heavy (non-hydrogen) atoms. The average molecular weight is 222 g/mol. The van der Waals surface area contributed by atoms with E-state index in [0.29, 0.717) is 0 Å². The molecule has 1 aliphatic heterocycles. The maximum atomic E-state index is 5.70. The molecule has 1 saturated heterocycles. The summed E-state index contributed by atoms with van der Waals surface area (Å²) in [7, 11) is 2.02. The molecule has 2 N–H and O–H groups in total. The Kier molecular flexibility index (Phi) is 3.61. The third-order valence-electron chi connectivity index (χ3n) is 3.52. The van der Waals surface area contributed by atoms with Crippen LogP contribution in [0.3, 0.4) is 0 Å². The summed E-state index contributed by atoms with van der Waals surface area (Å²) in [6.07, 6.45) is 2.49. The highest BCUT2D eigenvalue weighted by Gasteiger charge is 2.18. The molecule has 4 heteroatoms. The molecule has 0 atom stereocenters. The van der Waals surface area contributed by atoms with Crippen molar-refractivity contribution in [2.75, 3.05) is 19.6 Å². The van der Waals surface area contributed by atoms with Gasteiger partial charge in [0.2, 0.25) is 0 Å². The van der Waals surface area contributed by atoms with E-state index in [9.17, 15) is 0 Å². The lowest BCUT2D eigenvalue weighted by Gasteiger charge is -2.31. The first-order valence-electron chi connectivity index (χ1n) is 6.11. The Hall–Kier alpha value is -0.870. The van der Waals surface area contributed by atoms with Gasteiger partial charge in [-0.1, -0.05) is 0 Å². The number of hydrogen-bond acceptors (Lipinski definition) is 3. The van der Waals surface area contributed by atoms with Crippen LogP contribution in [0.4, 0.5) is 0 Å². The minimum atomic E-state index is 0.740. The monoisotopic (exact) mass is 222 g/mol. The Morgan fingerprint density at radius 2 is 2.12 bits per heavy atom. The summed E-state index contributed by atoms with van der Waals surface area (Å²) < 4.78 is 1.99. The summed E-state index contributed by atoms with van der Waals surface area (Å²) in [5.41, 5.74) is 8.11. The highest BCUT2D eigenvalue weighted by molar-refractivity contribution is 5.08. The van der Waals surface area contributed by atoms with Crippen LogP contribution in [0.5, 0.6) is 0 Å². The molecule has 1 fully saturated rings. The number of hydrogen-bond donors (Lipinski definition) is 1. The van der Waals surface area contributed by atoms with Gasteiger partial charge in [-0.15, -0.1) is 0 Å². The zero-order valence-electron chi connectivity index (χ0n) is 10.3. The Labute approximate surface area is 97.4 Å². The van der Waals surface area contributed by atoms with Gasteiger partial charge in [0.1, 0.15) is 0 Å². The van der Waals surface area contributed by atoms with Gasteiger partial charge in [-0.25, -0.2) is 0 Å². The molecule has 0 bridgehead atoms. The number of nitrogens with zero attached hydrogens (tertiary/aromatic N) is 3. The van der Waals surface area contributed by atoms with E-state index >= 15 is 0 Å². The summed E-state index contributed by atoms with van der Waals surface area (Å²) in [4.78, 5) is 2.50. The van der Waals surface area contributed by atoms with Crippen molar-refractivity contribution >= 4 is 0 Å². The number of likely N-dealkylation sites (tertiary alicyclic amines) is 1. The van der Waals surface area contributed by atoms with Crippen LogP contribution in [-0.4, -0.2) is 34.3 Å². The van der Waals surface area contributed by atoms with Crippen LogP contribution < -0.4 is 5.73 Å². The zero-order chi connectivity index (χ0) is 11.5. The maximum absolute atomic E-state index is 5.70. The second-order valence-corrected chi connectivity index (χ2v) is 4.86. The quantitative estimate of drug-likeness (QED) is 0.826. The highest BCUT2D eigenvalue weighted by Crippen LogP contribution is 2.17. The fourth-order valence-electron chi connectivity index (χ4n) is 2.42. The summed E-state index contributed by atoms with van der Waals surface area (Å²) in [5.74, 6) is 0.740. The van der Waals surface area contributed by atoms with Gasteiger partial charge in [0.25, 0.3) is 0 Å². The van der Waals surface area contributed by atoms with E-state index < -0.39 is 0 Å². The van der Waals surface area contributed by atoms with Crippen LogP contribution in [0.1, 0.15) is 24.2 Å². The van der Waals surface area contributed by atoms with Crippen molar-refractivity contribution in [3.8, 4) is 0 Å². The second kappa shape index (κ2) is 4.97. The topological polar surface area (TPSA) is 47.1 Å². The molecule has 1 aromatic rings. The molecule has 0 amide bonds. The van der Waals surface area contributed by atoms with Crippen molar-refractivity contribution in [1.29, 1.82) is 0 Å². The minimum absolute atomic E-state index is 0.740. The summed E-state index contributed by atoms with van der Waals surface area (Å²) in [5, 5.41) is 4.38. The molecule has 0 aromatic carbocycles. The second-order valence-electron chi connectivity index (χ2n) is 4.86. The molecule has 1 aromatic heterocycles. The predicted octanol–water partition coefficient (Wildman–Crippen LogP) is 0.899. The van der Waals surface area contributed by atoms with Gasteiger partial charge >= 0.3 is 0 Å². The van der Waals surface area contributed by atoms with Crippen LogP contribution in [-0.2, 0) is 13.6 Å². The van der Waals surface area contributed by atoms with Crippen molar-refractivity contribution in [1.82, 2.24) is 14.7 Å². The first-order valence-corrected chi connectivity index (χ1v) is 6.11. The third kappa shape index (κ3) is 2.62. The van der Waals surface area contributed by atoms with Crippen molar-refractivity contribution in [3.05, 3.63) is 17.5 Å². The smallest absolute Gasteiger partial charge is 0.0597 e. The van der Waals surface area contributed by atoms with Crippen LogP contribution >= 0.6 is 0 Å². The number of piperidine rings is 1. The molecule has 90 valence electrons. The van der Waals surface area contributed by atoms with Crippen LogP contribution in [0, 0.1) is 12.8 Å². The molecule has 0 aliphatic carbocycles. The Morgan fingerprint density at radius 3 is 2.62 bits per heavy atom. The molecule has 4 nitrogen and oxygen atoms in total. The highest BCUT2D eigenvalue weighted by atomic mass is 15.3. The molecule has 0 unspecified atom stereocenters. The molecular weight excluding hydrogens is 200 g/mol. The van der Waals surface area contributed by atoms with Gasteiger partial charge in [-0.05, 0) is 51.4 Å². The summed E-state index contributed by atoms with van der Waals surface area (Å²) >= 11 is 0. The first-order chi connectivity index (χ1) is 7.69. The van der Waals surface area contributed by atoms with Crippen LogP contribution in [0.25, 0.3) is 0 Å². The maximum Gasteiger partial charge on any atom is 0.0597 e. The number of rotatable bonds is 3. The lowest BCUT2D eigenvalue weighted by molar-refractivity contribution is 0.177. The van der Waals surface area contributed by atoms with Gasteiger partial charge in [-0.3, -0.25) is 9.58 Å². The zero-order valence-corrected chi connectivity index (χ0v) is 10.3. The summed E-state index contributed by atoms with van der Waals surface area (Å²) in [6.45, 7) is 6.26. The van der Waals surface area contributed by atoms with Gasteiger partial charge in [0.05, 0.1) is 11.4 Å². The fourth-order valence-corrected chi connectivity index (χ4v) is 2.42. The van der Waals surface area contributed by atoms with Crippen LogP contribution in [0.2, 0.25) is 0 Å². The van der Waals surface area contributed by atoms with Gasteiger partial charge < -0.3 is 5.73 Å². The predicted molar refractivity (Wildman–Crippen MR) is 65.0 cm³/mol. The number of aromatic nitrogens is 2. The van der Waals surface area contributed by atoms with E-state index in [1.807, 2.05) is 18.7 Å². The molecule has 0 spiro atoms. The van der Waals surface area contributed by atoms with Crippen molar-refractivity contribution in [3.63, 3.8) is 0 Å². The molecule has 0 saturated carbocycles. The minimum Gasteiger partial charge on any atom is -0.330 e. The third-order valence-corrected chi connectivity index (χ3v) is 3.52. The van der Waals surface area contributed by atoms with Gasteiger partial charge in [0.15, 0.2) is 0 Å². The molecular formula is C12H22N4. The average Bonchev–Trinajstić information content (AvgIpc) is 2.59. The molecule has 0 radical (unpaired) electrons. The van der Waals surface area contributed by atoms with Crippen molar-refractivity contribution < 1.29 is 0 Å². The lowest BCUT2D eigenvalue weighted by atomic mass is 9.97. The van der Waals surface area contributed by atoms with Crippen molar-refractivity contribution in [2.24, 2.45) is 18.7 Å². The molecule has 1 aliphatic rings. The van der Waals surface area contributed by atoms with E-state index in [4.69, 9.17) is 5.73 Å². The first kappa shape index (κ1) is 11.6. The van der Waals surface area contributed by atoms with E-state index in [1.54, 1.807) is 0 Å². The largest absolute Gasteiger partial charge is 0.330 e. The van der Waals surface area contributed by atoms with E-state index in [2.05, 4.69) is 16.1 Å². The fraction of sp³-hybridized carbons (Fsp3) is 0.750. The van der Waals surface area contributed by atoms with E-state index in [0.717, 1.165) is 24.7 Å². The SMILES string of the molecule is Cc1cc(CN2CCC(CN)CC2)n(C)n1. The van der Waals surface area contributed by atoms with Crippen molar-refractivity contribution in [2.45, 2.75) is 26.3 Å². The normalized spacial score (nSPS) is 19.2. The Bertz CT molecular complexity index is 337. The number of aryl methyl sites for hydroxylation is 2. The molecule has 2 rings (SSSR count). The van der Waals surface area contributed by atoms with Gasteiger partial charge in [-0.2, -0.15) is 5.10 Å². The van der Waals surface area contributed by atoms with Gasteiger partial charge in [0, 0.05) is 13.6 Å². The van der Waals surface area contributed by atoms with E-state index in [1.165, 1.54) is 31.6 Å². The molecule has 2 heterocycles. The Morgan fingerprint density at radius 1 is 1.44 bits per heavy atom.